The molecular formula is C23H19Cl4O2PSi. The fraction of sp³-hybridized carbons (Fsp3) is 0.130. The molecule has 0 bridgehead atoms. The van der Waals surface area contributed by atoms with Gasteiger partial charge in [-0.2, -0.15) is 0 Å². The van der Waals surface area contributed by atoms with Gasteiger partial charge in [0.05, 0.1) is 0 Å². The molecule has 0 N–H and O–H groups in total. The quantitative estimate of drug-likeness (QED) is 0.146. The summed E-state index contributed by atoms with van der Waals surface area (Å²) < 4.78 is 13.9. The van der Waals surface area contributed by atoms with Gasteiger partial charge in [-0.05, 0) is 0 Å². The van der Waals surface area contributed by atoms with Gasteiger partial charge in [-0.3, -0.25) is 0 Å². The molecule has 160 valence electrons. The second kappa shape index (κ2) is 6.90. The normalized spacial score (nSPS) is 19.3. The first-order chi connectivity index (χ1) is 14.6. The van der Waals surface area contributed by atoms with Gasteiger partial charge in [0.2, 0.25) is 0 Å². The summed E-state index contributed by atoms with van der Waals surface area (Å²) in [4.78, 5) is 1.26. The maximum atomic E-state index is 6.94. The molecule has 0 radical (unpaired) electrons. The predicted molar refractivity (Wildman–Crippen MR) is 137 cm³/mol. The van der Waals surface area contributed by atoms with Crippen LogP contribution in [0.25, 0.3) is 5.31 Å². The van der Waals surface area contributed by atoms with E-state index in [0.29, 0.717) is 11.5 Å². The van der Waals surface area contributed by atoms with E-state index in [1.54, 1.807) is 0 Å². The fourth-order valence-electron chi connectivity index (χ4n) is 4.60. The van der Waals surface area contributed by atoms with Crippen LogP contribution in [0, 0.1) is 0 Å². The molecule has 1 spiro atoms. The van der Waals surface area contributed by atoms with Crippen molar-refractivity contribution in [2.45, 2.75) is 19.6 Å². The van der Waals surface area contributed by atoms with Gasteiger partial charge in [-0.1, -0.05) is 0 Å². The molecule has 0 saturated heterocycles. The number of halogens is 4. The Morgan fingerprint density at radius 2 is 1.10 bits per heavy atom. The summed E-state index contributed by atoms with van der Waals surface area (Å²) in [5.41, 5.74) is 1.08. The molecule has 8 heteroatoms. The summed E-state index contributed by atoms with van der Waals surface area (Å²) in [6, 6.07) is 20.3. The van der Waals surface area contributed by atoms with Crippen molar-refractivity contribution < 1.29 is 9.05 Å². The minimum atomic E-state index is -3.67. The molecule has 0 aromatic heterocycles. The molecule has 0 atom stereocenters. The third-order valence-electron chi connectivity index (χ3n) is 5.68. The van der Waals surface area contributed by atoms with E-state index in [0.717, 1.165) is 16.2 Å². The van der Waals surface area contributed by atoms with Crippen LogP contribution in [0.5, 0.6) is 11.5 Å². The molecule has 0 amide bonds. The molecule has 0 unspecified atom stereocenters. The summed E-state index contributed by atoms with van der Waals surface area (Å²) in [7, 11) is -5.60. The summed E-state index contributed by atoms with van der Waals surface area (Å²) in [5.74, 6) is 0.730. The third kappa shape index (κ3) is 2.75. The first-order valence-electron chi connectivity index (χ1n) is 9.77. The van der Waals surface area contributed by atoms with Crippen LogP contribution in [-0.2, 0) is 0 Å². The second-order valence-corrected chi connectivity index (χ2v) is 19.3. The Bertz CT molecular complexity index is 1230. The van der Waals surface area contributed by atoms with Crippen LogP contribution in [0.3, 0.4) is 0 Å². The van der Waals surface area contributed by atoms with Crippen LogP contribution in [0.15, 0.2) is 65.6 Å². The average molecular weight is 528 g/mol. The van der Waals surface area contributed by atoms with Crippen molar-refractivity contribution >= 4 is 72.2 Å². The molecule has 0 aliphatic carbocycles. The molecule has 2 nitrogen and oxygen atoms in total. The van der Waals surface area contributed by atoms with E-state index < -0.39 is 15.1 Å². The van der Waals surface area contributed by atoms with Crippen LogP contribution >= 0.6 is 53.5 Å². The van der Waals surface area contributed by atoms with E-state index in [9.17, 15) is 0 Å². The van der Waals surface area contributed by atoms with E-state index in [1.807, 2.05) is 36.4 Å². The minimum absolute atomic E-state index is 0.167. The zero-order valence-corrected chi connectivity index (χ0v) is 22.0. The fourth-order valence-corrected chi connectivity index (χ4v) is 18.4. The van der Waals surface area contributed by atoms with Crippen LogP contribution in [0.1, 0.15) is 5.56 Å². The van der Waals surface area contributed by atoms with E-state index >= 15 is 0 Å². The Kier molecular flexibility index (Phi) is 4.82. The number of fused-ring (bicyclic) bond motifs is 1. The zero-order chi connectivity index (χ0) is 22.2. The van der Waals surface area contributed by atoms with Crippen molar-refractivity contribution in [3.8, 4) is 11.5 Å². The van der Waals surface area contributed by atoms with Gasteiger partial charge in [-0.15, -0.1) is 0 Å². The zero-order valence-electron chi connectivity index (χ0n) is 17.0. The first-order valence-corrected chi connectivity index (χ1v) is 16.9. The van der Waals surface area contributed by atoms with E-state index in [4.69, 9.17) is 55.5 Å². The Labute approximate surface area is 202 Å². The Hall–Kier alpha value is -1.19. The summed E-state index contributed by atoms with van der Waals surface area (Å²) in [6.45, 7) is 6.90. The molecule has 3 aromatic rings. The molecule has 2 aliphatic rings. The van der Waals surface area contributed by atoms with E-state index in [2.05, 4.69) is 43.9 Å². The van der Waals surface area contributed by atoms with Gasteiger partial charge in [-0.25, -0.2) is 0 Å². The van der Waals surface area contributed by atoms with Crippen molar-refractivity contribution in [2.75, 3.05) is 0 Å². The molecule has 0 saturated carbocycles. The predicted octanol–water partition coefficient (Wildman–Crippen LogP) is 9.04. The maximum absolute atomic E-state index is 6.94. The van der Waals surface area contributed by atoms with Crippen molar-refractivity contribution in [3.05, 3.63) is 91.3 Å². The first kappa shape index (κ1) is 21.6. The van der Waals surface area contributed by atoms with Crippen molar-refractivity contribution in [1.29, 1.82) is 0 Å². The van der Waals surface area contributed by atoms with Crippen LogP contribution in [0.2, 0.25) is 39.7 Å². The van der Waals surface area contributed by atoms with Crippen LogP contribution < -0.4 is 14.4 Å². The van der Waals surface area contributed by atoms with Gasteiger partial charge in [0.1, 0.15) is 0 Å². The number of benzene rings is 3. The third-order valence-corrected chi connectivity index (χ3v) is 17.0. The Balaban J connectivity index is 1.86. The van der Waals surface area contributed by atoms with Gasteiger partial charge >= 0.3 is 204 Å². The van der Waals surface area contributed by atoms with Crippen molar-refractivity contribution in [1.82, 2.24) is 0 Å². The van der Waals surface area contributed by atoms with E-state index in [1.165, 1.54) is 4.94 Å². The van der Waals surface area contributed by atoms with Crippen LogP contribution in [0.4, 0.5) is 0 Å². The Morgan fingerprint density at radius 3 is 1.55 bits per heavy atom. The molecule has 2 heterocycles. The van der Waals surface area contributed by atoms with Crippen molar-refractivity contribution in [3.63, 3.8) is 0 Å². The van der Waals surface area contributed by atoms with Gasteiger partial charge in [0, 0.05) is 0 Å². The SMILES string of the molecule is C[Si](C)(C)C1=C(c2ccccc2)P12(c1ccccc1)Oc1c(Cl)c(Cl)c(Cl)c(Cl)c1O2. The Morgan fingerprint density at radius 1 is 0.645 bits per heavy atom. The molecule has 2 aliphatic heterocycles. The van der Waals surface area contributed by atoms with Crippen LogP contribution in [-0.4, -0.2) is 8.07 Å². The number of hydrogen-bond acceptors (Lipinski definition) is 2. The molecule has 0 fully saturated rings. The topological polar surface area (TPSA) is 18.5 Å². The standard InChI is InChI=1S/C23H19Cl4O2PSi/c1-31(2,3)23-22(14-10-6-4-7-11-14)30(23,15-12-8-5-9-13-15)28-20-18(26)16(24)17(25)19(27)21(20)29-30/h4-13H,1-3H3. The number of rotatable bonds is 3. The molecular weight excluding hydrogens is 509 g/mol. The summed E-state index contributed by atoms with van der Waals surface area (Å²) >= 11 is 26.0. The monoisotopic (exact) mass is 526 g/mol. The van der Waals surface area contributed by atoms with Crippen molar-refractivity contribution in [2.24, 2.45) is 0 Å². The van der Waals surface area contributed by atoms with Gasteiger partial charge < -0.3 is 0 Å². The summed E-state index contributed by atoms with van der Waals surface area (Å²) in [5, 5.41) is 2.88. The van der Waals surface area contributed by atoms with Gasteiger partial charge in [0.25, 0.3) is 0 Å². The second-order valence-electron chi connectivity index (χ2n) is 8.70. The van der Waals surface area contributed by atoms with Gasteiger partial charge in [0.15, 0.2) is 0 Å². The van der Waals surface area contributed by atoms with E-state index in [-0.39, 0.29) is 20.1 Å². The summed E-state index contributed by atoms with van der Waals surface area (Å²) in [6.07, 6.45) is 0. The molecule has 5 rings (SSSR count). The number of hydrogen-bond donors (Lipinski definition) is 0. The average Bonchev–Trinajstić information content (AvgIpc) is 3.23. The molecule has 31 heavy (non-hydrogen) atoms. The molecule has 3 aromatic carbocycles.